The molecule has 96 valence electrons. The van der Waals surface area contributed by atoms with Gasteiger partial charge in [-0.25, -0.2) is 0 Å². The lowest BCUT2D eigenvalue weighted by Gasteiger charge is -2.09. The second-order valence-electron chi connectivity index (χ2n) is 4.99. The van der Waals surface area contributed by atoms with Crippen molar-refractivity contribution >= 4 is 16.6 Å². The number of aryl methyl sites for hydroxylation is 2. The molecule has 3 heteroatoms. The van der Waals surface area contributed by atoms with E-state index in [0.29, 0.717) is 0 Å². The highest BCUT2D eigenvalue weighted by Gasteiger charge is 2.02. The minimum Gasteiger partial charge on any atom is -0.379 e. The lowest BCUT2D eigenvalue weighted by atomic mass is 10.1. The first kappa shape index (κ1) is 11.8. The van der Waals surface area contributed by atoms with E-state index in [1.54, 1.807) is 0 Å². The van der Waals surface area contributed by atoms with Crippen LogP contribution in [0, 0.1) is 13.8 Å². The molecule has 0 fully saturated rings. The summed E-state index contributed by atoms with van der Waals surface area (Å²) in [5.41, 5.74) is 6.06. The molecule has 1 heterocycles. The molecule has 0 saturated heterocycles. The monoisotopic (exact) mass is 251 g/mol. The number of hydrogen-bond donors (Lipinski definition) is 2. The van der Waals surface area contributed by atoms with E-state index in [0.717, 1.165) is 23.1 Å². The minimum atomic E-state index is 0.820. The van der Waals surface area contributed by atoms with Crippen molar-refractivity contribution in [1.82, 2.24) is 10.2 Å². The third-order valence-electron chi connectivity index (χ3n) is 3.24. The Hall–Kier alpha value is -2.29. The summed E-state index contributed by atoms with van der Waals surface area (Å²) in [5.74, 6) is 0. The van der Waals surface area contributed by atoms with Crippen molar-refractivity contribution in [1.29, 1.82) is 0 Å². The van der Waals surface area contributed by atoms with E-state index >= 15 is 0 Å². The first-order valence-corrected chi connectivity index (χ1v) is 6.45. The third-order valence-corrected chi connectivity index (χ3v) is 3.24. The fourth-order valence-corrected chi connectivity index (χ4v) is 2.48. The molecule has 2 aromatic carbocycles. The summed E-state index contributed by atoms with van der Waals surface area (Å²) < 4.78 is 0. The zero-order chi connectivity index (χ0) is 13.2. The molecule has 0 aliphatic rings. The number of aromatic nitrogens is 2. The average Bonchev–Trinajstić information content (AvgIpc) is 2.83. The lowest BCUT2D eigenvalue weighted by molar-refractivity contribution is 1.10. The highest BCUT2D eigenvalue weighted by Crippen LogP contribution is 2.21. The van der Waals surface area contributed by atoms with E-state index in [1.165, 1.54) is 16.7 Å². The fraction of sp³-hybridized carbons (Fsp3) is 0.188. The lowest BCUT2D eigenvalue weighted by Crippen LogP contribution is -2.00. The topological polar surface area (TPSA) is 40.7 Å². The summed E-state index contributed by atoms with van der Waals surface area (Å²) in [4.78, 5) is 0. The first-order chi connectivity index (χ1) is 9.22. The van der Waals surface area contributed by atoms with Crippen LogP contribution in [0.2, 0.25) is 0 Å². The second kappa shape index (κ2) is 4.76. The molecule has 0 aliphatic carbocycles. The number of nitrogens with one attached hydrogen (secondary N) is 2. The molecule has 0 aliphatic heterocycles. The summed E-state index contributed by atoms with van der Waals surface area (Å²) in [6.45, 7) is 5.08. The first-order valence-electron chi connectivity index (χ1n) is 6.45. The number of rotatable bonds is 3. The number of fused-ring (bicyclic) bond motifs is 1. The van der Waals surface area contributed by atoms with Crippen LogP contribution in [-0.2, 0) is 6.54 Å². The van der Waals surface area contributed by atoms with Crippen molar-refractivity contribution in [3.05, 3.63) is 59.3 Å². The number of H-pyrrole nitrogens is 1. The Kier molecular flexibility index (Phi) is 2.95. The molecule has 3 aromatic rings. The summed E-state index contributed by atoms with van der Waals surface area (Å²) in [6.07, 6.45) is 1.84. The molecular formula is C16H17N3. The number of anilines is 1. The summed E-state index contributed by atoms with van der Waals surface area (Å²) in [7, 11) is 0. The van der Waals surface area contributed by atoms with Gasteiger partial charge in [0.2, 0.25) is 0 Å². The molecule has 0 spiro atoms. The van der Waals surface area contributed by atoms with Crippen LogP contribution >= 0.6 is 0 Å². The van der Waals surface area contributed by atoms with Crippen molar-refractivity contribution in [2.45, 2.75) is 20.4 Å². The van der Waals surface area contributed by atoms with E-state index in [-0.39, 0.29) is 0 Å². The van der Waals surface area contributed by atoms with E-state index in [2.05, 4.69) is 59.7 Å². The van der Waals surface area contributed by atoms with Gasteiger partial charge < -0.3 is 5.32 Å². The van der Waals surface area contributed by atoms with Crippen molar-refractivity contribution in [3.8, 4) is 0 Å². The number of nitrogens with zero attached hydrogens (tertiary/aromatic N) is 1. The summed E-state index contributed by atoms with van der Waals surface area (Å²) >= 11 is 0. The molecule has 3 nitrogen and oxygen atoms in total. The number of para-hydroxylation sites is 1. The molecule has 2 N–H and O–H groups in total. The van der Waals surface area contributed by atoms with Gasteiger partial charge in [-0.15, -0.1) is 0 Å². The van der Waals surface area contributed by atoms with E-state index in [1.807, 2.05) is 12.3 Å². The zero-order valence-electron chi connectivity index (χ0n) is 11.2. The summed E-state index contributed by atoms with van der Waals surface area (Å²) in [5, 5.41) is 11.7. The van der Waals surface area contributed by atoms with Gasteiger partial charge in [-0.05, 0) is 25.5 Å². The minimum absolute atomic E-state index is 0.820. The smallest absolute Gasteiger partial charge is 0.0881 e. The highest BCUT2D eigenvalue weighted by molar-refractivity contribution is 5.89. The maximum absolute atomic E-state index is 4.08. The van der Waals surface area contributed by atoms with Crippen LogP contribution in [0.25, 0.3) is 10.9 Å². The zero-order valence-corrected chi connectivity index (χ0v) is 11.2. The van der Waals surface area contributed by atoms with Gasteiger partial charge in [0.05, 0.1) is 17.4 Å². The predicted octanol–water partition coefficient (Wildman–Crippen LogP) is 3.79. The van der Waals surface area contributed by atoms with Gasteiger partial charge in [-0.2, -0.15) is 5.10 Å². The average molecular weight is 251 g/mol. The maximum Gasteiger partial charge on any atom is 0.0881 e. The van der Waals surface area contributed by atoms with Crippen LogP contribution < -0.4 is 5.32 Å². The molecular weight excluding hydrogens is 234 g/mol. The van der Waals surface area contributed by atoms with Gasteiger partial charge >= 0.3 is 0 Å². The third kappa shape index (κ3) is 2.45. The largest absolute Gasteiger partial charge is 0.379 e. The molecule has 0 bridgehead atoms. The van der Waals surface area contributed by atoms with E-state index in [9.17, 15) is 0 Å². The summed E-state index contributed by atoms with van der Waals surface area (Å²) in [6, 6.07) is 12.8. The maximum atomic E-state index is 4.08. The second-order valence-corrected chi connectivity index (χ2v) is 4.99. The number of hydrogen-bond acceptors (Lipinski definition) is 2. The van der Waals surface area contributed by atoms with Crippen molar-refractivity contribution in [3.63, 3.8) is 0 Å². The Balaban J connectivity index is 1.84. The molecule has 3 rings (SSSR count). The number of aromatic amines is 1. The molecule has 1 aromatic heterocycles. The van der Waals surface area contributed by atoms with Crippen LogP contribution in [0.15, 0.2) is 42.6 Å². The Bertz CT molecular complexity index is 693. The molecule has 0 saturated carbocycles. The molecule has 0 unspecified atom stereocenters. The van der Waals surface area contributed by atoms with E-state index in [4.69, 9.17) is 0 Å². The molecule has 19 heavy (non-hydrogen) atoms. The van der Waals surface area contributed by atoms with Gasteiger partial charge in [-0.3, -0.25) is 5.10 Å². The SMILES string of the molecule is Cc1cc(C)cc(CNc2cccc3cn[nH]c23)c1. The molecule has 0 radical (unpaired) electrons. The Labute approximate surface area is 112 Å². The van der Waals surface area contributed by atoms with Gasteiger partial charge in [-0.1, -0.05) is 41.5 Å². The van der Waals surface area contributed by atoms with Gasteiger partial charge in [0, 0.05) is 11.9 Å². The van der Waals surface area contributed by atoms with Crippen LogP contribution in [0.1, 0.15) is 16.7 Å². The van der Waals surface area contributed by atoms with Crippen LogP contribution in [0.4, 0.5) is 5.69 Å². The quantitative estimate of drug-likeness (QED) is 0.743. The van der Waals surface area contributed by atoms with Gasteiger partial charge in [0.1, 0.15) is 0 Å². The molecule has 0 atom stereocenters. The van der Waals surface area contributed by atoms with Gasteiger partial charge in [0.25, 0.3) is 0 Å². The van der Waals surface area contributed by atoms with Crippen LogP contribution in [0.5, 0.6) is 0 Å². The highest BCUT2D eigenvalue weighted by atomic mass is 15.1. The standard InChI is InChI=1S/C16H17N3/c1-11-6-12(2)8-13(7-11)9-17-15-5-3-4-14-10-18-19-16(14)15/h3-8,10,17H,9H2,1-2H3,(H,18,19). The normalized spacial score (nSPS) is 10.8. The van der Waals surface area contributed by atoms with Crippen LogP contribution in [0.3, 0.4) is 0 Å². The Morgan fingerprint density at radius 2 is 1.89 bits per heavy atom. The fourth-order valence-electron chi connectivity index (χ4n) is 2.48. The molecule has 0 amide bonds. The van der Waals surface area contributed by atoms with Crippen molar-refractivity contribution in [2.75, 3.05) is 5.32 Å². The van der Waals surface area contributed by atoms with Crippen molar-refractivity contribution in [2.24, 2.45) is 0 Å². The Morgan fingerprint density at radius 3 is 2.68 bits per heavy atom. The van der Waals surface area contributed by atoms with Gasteiger partial charge in [0.15, 0.2) is 0 Å². The number of benzene rings is 2. The Morgan fingerprint density at radius 1 is 1.11 bits per heavy atom. The van der Waals surface area contributed by atoms with Crippen molar-refractivity contribution < 1.29 is 0 Å². The predicted molar refractivity (Wildman–Crippen MR) is 79.3 cm³/mol. The van der Waals surface area contributed by atoms with Crippen LogP contribution in [-0.4, -0.2) is 10.2 Å². The van der Waals surface area contributed by atoms with E-state index < -0.39 is 0 Å².